The summed E-state index contributed by atoms with van der Waals surface area (Å²) in [6, 6.07) is 0.894. The van der Waals surface area contributed by atoms with E-state index in [1.807, 2.05) is 0 Å². The van der Waals surface area contributed by atoms with E-state index in [9.17, 15) is 0 Å². The molecule has 0 saturated carbocycles. The molecule has 2 atom stereocenters. The fraction of sp³-hybridized carbons (Fsp3) is 1.00. The van der Waals surface area contributed by atoms with Crippen LogP contribution >= 0.6 is 0 Å². The Kier molecular flexibility index (Phi) is 2.14. The lowest BCUT2D eigenvalue weighted by Crippen LogP contribution is -2.33. The summed E-state index contributed by atoms with van der Waals surface area (Å²) < 4.78 is 0. The van der Waals surface area contributed by atoms with Crippen LogP contribution in [-0.2, 0) is 0 Å². The van der Waals surface area contributed by atoms with E-state index < -0.39 is 0 Å². The van der Waals surface area contributed by atoms with Crippen molar-refractivity contribution in [2.75, 3.05) is 26.7 Å². The second kappa shape index (κ2) is 3.11. The lowest BCUT2D eigenvalue weighted by Gasteiger charge is -2.24. The van der Waals surface area contributed by atoms with Gasteiger partial charge in [0, 0.05) is 6.04 Å². The predicted octanol–water partition coefficient (Wildman–Crippen LogP) is 0.690. The third-order valence-electron chi connectivity index (χ3n) is 3.22. The predicted molar refractivity (Wildman–Crippen MR) is 46.6 cm³/mol. The summed E-state index contributed by atoms with van der Waals surface area (Å²) in [6.07, 6.45) is 4.25. The van der Waals surface area contributed by atoms with Crippen molar-refractivity contribution in [3.8, 4) is 0 Å². The molecule has 0 bridgehead atoms. The molecule has 0 aromatic heterocycles. The first-order valence-corrected chi connectivity index (χ1v) is 4.79. The fourth-order valence-corrected chi connectivity index (χ4v) is 2.54. The topological polar surface area (TPSA) is 15.3 Å². The van der Waals surface area contributed by atoms with Gasteiger partial charge in [0.1, 0.15) is 0 Å². The highest BCUT2D eigenvalue weighted by molar-refractivity contribution is 4.87. The van der Waals surface area contributed by atoms with Crippen molar-refractivity contribution in [2.24, 2.45) is 5.92 Å². The van der Waals surface area contributed by atoms with Crippen LogP contribution in [0.15, 0.2) is 0 Å². The highest BCUT2D eigenvalue weighted by Crippen LogP contribution is 2.25. The van der Waals surface area contributed by atoms with Gasteiger partial charge >= 0.3 is 0 Å². The van der Waals surface area contributed by atoms with E-state index in [0.29, 0.717) is 0 Å². The van der Waals surface area contributed by atoms with E-state index >= 15 is 0 Å². The number of rotatable bonds is 1. The summed E-state index contributed by atoms with van der Waals surface area (Å²) >= 11 is 0. The highest BCUT2D eigenvalue weighted by atomic mass is 15.2. The molecule has 0 spiro atoms. The second-order valence-corrected chi connectivity index (χ2v) is 3.94. The standard InChI is InChI=1S/C9H18N2/c1-11-6-2-3-9(11)8-4-5-10-7-8/h8-10H,2-7H2,1H3. The molecule has 2 fully saturated rings. The average Bonchev–Trinajstić information content (AvgIpc) is 2.55. The van der Waals surface area contributed by atoms with Gasteiger partial charge in [-0.3, -0.25) is 0 Å². The van der Waals surface area contributed by atoms with Crippen molar-refractivity contribution in [3.05, 3.63) is 0 Å². The summed E-state index contributed by atoms with van der Waals surface area (Å²) in [7, 11) is 2.27. The van der Waals surface area contributed by atoms with Crippen LogP contribution in [0, 0.1) is 5.92 Å². The zero-order valence-corrected chi connectivity index (χ0v) is 7.34. The van der Waals surface area contributed by atoms with Crippen LogP contribution < -0.4 is 5.32 Å². The minimum atomic E-state index is 0.894. The van der Waals surface area contributed by atoms with Crippen molar-refractivity contribution in [3.63, 3.8) is 0 Å². The van der Waals surface area contributed by atoms with Crippen LogP contribution in [0.4, 0.5) is 0 Å². The summed E-state index contributed by atoms with van der Waals surface area (Å²) in [4.78, 5) is 2.54. The molecule has 2 unspecified atom stereocenters. The molecule has 2 aliphatic rings. The Morgan fingerprint density at radius 1 is 1.36 bits per heavy atom. The molecule has 2 saturated heterocycles. The number of nitrogens with zero attached hydrogens (tertiary/aromatic N) is 1. The van der Waals surface area contributed by atoms with Crippen molar-refractivity contribution < 1.29 is 0 Å². The Hall–Kier alpha value is -0.0800. The van der Waals surface area contributed by atoms with Crippen molar-refractivity contribution >= 4 is 0 Å². The first kappa shape index (κ1) is 7.56. The molecule has 0 aromatic carbocycles. The number of nitrogens with one attached hydrogen (secondary N) is 1. The van der Waals surface area contributed by atoms with E-state index in [2.05, 4.69) is 17.3 Å². The summed E-state index contributed by atoms with van der Waals surface area (Å²) in [5, 5.41) is 3.44. The molecule has 0 aliphatic carbocycles. The van der Waals surface area contributed by atoms with Gasteiger partial charge in [0.2, 0.25) is 0 Å². The van der Waals surface area contributed by atoms with Crippen LogP contribution in [0.2, 0.25) is 0 Å². The van der Waals surface area contributed by atoms with Gasteiger partial charge < -0.3 is 10.2 Å². The van der Waals surface area contributed by atoms with Crippen LogP contribution in [0.3, 0.4) is 0 Å². The van der Waals surface area contributed by atoms with Gasteiger partial charge in [0.25, 0.3) is 0 Å². The molecule has 2 aliphatic heterocycles. The second-order valence-electron chi connectivity index (χ2n) is 3.94. The quantitative estimate of drug-likeness (QED) is 0.598. The van der Waals surface area contributed by atoms with Gasteiger partial charge in [0.15, 0.2) is 0 Å². The lowest BCUT2D eigenvalue weighted by molar-refractivity contribution is 0.238. The molecule has 2 nitrogen and oxygen atoms in total. The molecule has 64 valence electrons. The average molecular weight is 154 g/mol. The van der Waals surface area contributed by atoms with E-state index in [-0.39, 0.29) is 0 Å². The van der Waals surface area contributed by atoms with Crippen LogP contribution in [0.25, 0.3) is 0 Å². The van der Waals surface area contributed by atoms with Crippen molar-refractivity contribution in [2.45, 2.75) is 25.3 Å². The number of likely N-dealkylation sites (tertiary alicyclic amines) is 1. The van der Waals surface area contributed by atoms with Gasteiger partial charge in [-0.2, -0.15) is 0 Å². The molecular formula is C9H18N2. The van der Waals surface area contributed by atoms with E-state index in [0.717, 1.165) is 12.0 Å². The largest absolute Gasteiger partial charge is 0.316 e. The summed E-state index contributed by atoms with van der Waals surface area (Å²) in [5.74, 6) is 0.947. The third-order valence-corrected chi connectivity index (χ3v) is 3.22. The van der Waals surface area contributed by atoms with Gasteiger partial charge in [0.05, 0.1) is 0 Å². The van der Waals surface area contributed by atoms with Gasteiger partial charge in [-0.25, -0.2) is 0 Å². The van der Waals surface area contributed by atoms with E-state index in [1.165, 1.54) is 38.9 Å². The summed E-state index contributed by atoms with van der Waals surface area (Å²) in [6.45, 7) is 3.82. The van der Waals surface area contributed by atoms with Crippen molar-refractivity contribution in [1.29, 1.82) is 0 Å². The monoisotopic (exact) mass is 154 g/mol. The van der Waals surface area contributed by atoms with Gasteiger partial charge in [-0.15, -0.1) is 0 Å². The first-order chi connectivity index (χ1) is 5.38. The molecule has 0 aromatic rings. The smallest absolute Gasteiger partial charge is 0.0133 e. The minimum Gasteiger partial charge on any atom is -0.316 e. The zero-order chi connectivity index (χ0) is 7.68. The molecule has 2 rings (SSSR count). The maximum atomic E-state index is 3.44. The molecule has 0 radical (unpaired) electrons. The first-order valence-electron chi connectivity index (χ1n) is 4.79. The minimum absolute atomic E-state index is 0.894. The molecule has 11 heavy (non-hydrogen) atoms. The van der Waals surface area contributed by atoms with Gasteiger partial charge in [-0.1, -0.05) is 0 Å². The number of hydrogen-bond acceptors (Lipinski definition) is 2. The Bertz CT molecular complexity index is 130. The Balaban J connectivity index is 1.92. The molecule has 2 heterocycles. The van der Waals surface area contributed by atoms with Crippen LogP contribution in [0.1, 0.15) is 19.3 Å². The van der Waals surface area contributed by atoms with E-state index in [4.69, 9.17) is 0 Å². The Morgan fingerprint density at radius 2 is 2.27 bits per heavy atom. The SMILES string of the molecule is CN1CCCC1C1CCNC1. The molecule has 0 amide bonds. The maximum absolute atomic E-state index is 3.44. The van der Waals surface area contributed by atoms with Crippen LogP contribution in [0.5, 0.6) is 0 Å². The molecule has 2 heteroatoms. The number of hydrogen-bond donors (Lipinski definition) is 1. The lowest BCUT2D eigenvalue weighted by atomic mass is 9.97. The van der Waals surface area contributed by atoms with Gasteiger partial charge in [-0.05, 0) is 51.9 Å². The van der Waals surface area contributed by atoms with E-state index in [1.54, 1.807) is 0 Å². The zero-order valence-electron chi connectivity index (χ0n) is 7.34. The Labute approximate surface area is 69.0 Å². The highest BCUT2D eigenvalue weighted by Gasteiger charge is 2.30. The fourth-order valence-electron chi connectivity index (χ4n) is 2.54. The van der Waals surface area contributed by atoms with Crippen molar-refractivity contribution in [1.82, 2.24) is 10.2 Å². The molecular weight excluding hydrogens is 136 g/mol. The summed E-state index contributed by atoms with van der Waals surface area (Å²) in [5.41, 5.74) is 0. The van der Waals surface area contributed by atoms with Crippen LogP contribution in [-0.4, -0.2) is 37.6 Å². The maximum Gasteiger partial charge on any atom is 0.0133 e. The third kappa shape index (κ3) is 1.42. The normalized spacial score (nSPS) is 40.1. The molecule has 1 N–H and O–H groups in total. The Morgan fingerprint density at radius 3 is 2.82 bits per heavy atom.